The number of ether oxygens (including phenoxy) is 2. The molecule has 8 aliphatic rings. The van der Waals surface area contributed by atoms with Crippen LogP contribution in [0.5, 0.6) is 0 Å². The van der Waals surface area contributed by atoms with Crippen LogP contribution < -0.4 is 0 Å². The van der Waals surface area contributed by atoms with Gasteiger partial charge < -0.3 is 9.47 Å². The number of fused-ring (bicyclic) bond motifs is 1. The number of hydrogen-bond donors (Lipinski definition) is 1. The Labute approximate surface area is 262 Å². The number of alkyl halides is 2. The molecule has 45 heavy (non-hydrogen) atoms. The van der Waals surface area contributed by atoms with Gasteiger partial charge in [-0.25, -0.2) is 0 Å². The first-order valence-electron chi connectivity index (χ1n) is 16.8. The van der Waals surface area contributed by atoms with Crippen LogP contribution in [0.4, 0.5) is 8.78 Å². The molecular formula is C32H43F2NO9S. The zero-order chi connectivity index (χ0) is 32.1. The van der Waals surface area contributed by atoms with Crippen LogP contribution in [0.1, 0.15) is 96.8 Å². The van der Waals surface area contributed by atoms with E-state index in [1.165, 1.54) is 4.90 Å². The maximum atomic E-state index is 14.6. The third-order valence-corrected chi connectivity index (χ3v) is 13.7. The van der Waals surface area contributed by atoms with Crippen LogP contribution >= 0.6 is 0 Å². The molecule has 13 heteroatoms. The summed E-state index contributed by atoms with van der Waals surface area (Å²) >= 11 is 0. The van der Waals surface area contributed by atoms with Gasteiger partial charge in [-0.05, 0) is 88.4 Å². The molecule has 1 heterocycles. The smallest absolute Gasteiger partial charge is 0.405 e. The lowest BCUT2D eigenvalue weighted by atomic mass is 9.49. The Morgan fingerprint density at radius 1 is 0.911 bits per heavy atom. The summed E-state index contributed by atoms with van der Waals surface area (Å²) in [5.41, 5.74) is -0.664. The van der Waals surface area contributed by atoms with E-state index in [1.54, 1.807) is 0 Å². The number of imide groups is 1. The van der Waals surface area contributed by atoms with Crippen LogP contribution in [0.25, 0.3) is 0 Å². The Balaban J connectivity index is 1.19. The molecule has 7 atom stereocenters. The van der Waals surface area contributed by atoms with Crippen molar-refractivity contribution in [2.24, 2.45) is 52.8 Å². The molecule has 0 aromatic heterocycles. The van der Waals surface area contributed by atoms with E-state index in [2.05, 4.69) is 0 Å². The van der Waals surface area contributed by atoms with Crippen LogP contribution in [-0.2, 0) is 38.8 Å². The molecule has 2 amide bonds. The highest BCUT2D eigenvalue weighted by molar-refractivity contribution is 7.86. The standard InChI is InChI=1S/C32H43F2NO9S/c1-16(32(33,34)45(40,41)42)43-29(38)24-22-12-21-23(24)27(36)35(30(39)31-13-17-9-18(14-31)11-19(10-17)15-31)25(21)26(22)44-28(37)20-7-5-3-2-4-6-8-20/h16-26H,2-15H2,1H3,(H,40,41,42). The van der Waals surface area contributed by atoms with Gasteiger partial charge in [-0.2, -0.15) is 17.2 Å². The first kappa shape index (κ1) is 31.4. The fourth-order valence-electron chi connectivity index (χ4n) is 11.1. The monoisotopic (exact) mass is 655 g/mol. The minimum Gasteiger partial charge on any atom is -0.460 e. The highest BCUT2D eigenvalue weighted by Crippen LogP contribution is 2.64. The molecule has 0 aromatic carbocycles. The number of nitrogens with zero attached hydrogens (tertiary/aromatic N) is 1. The molecule has 6 bridgehead atoms. The van der Waals surface area contributed by atoms with Crippen LogP contribution in [-0.4, -0.2) is 65.1 Å². The third-order valence-electron chi connectivity index (χ3n) is 12.7. The minimum atomic E-state index is -5.89. The van der Waals surface area contributed by atoms with Crippen LogP contribution in [0.3, 0.4) is 0 Å². The van der Waals surface area contributed by atoms with Gasteiger partial charge >= 0.3 is 27.3 Å². The van der Waals surface area contributed by atoms with Crippen LogP contribution in [0.2, 0.25) is 0 Å². The SMILES string of the molecule is CC(OC(=O)C1C2CC3C1C(=O)N(C(=O)C14CC5CC(CC(C5)C1)C4)C3C2OC(=O)C1CCCCCCC1)C(F)(F)S(=O)(=O)O. The van der Waals surface area contributed by atoms with Crippen molar-refractivity contribution in [3.63, 3.8) is 0 Å². The van der Waals surface area contributed by atoms with Gasteiger partial charge in [0.05, 0.1) is 29.2 Å². The van der Waals surface area contributed by atoms with Gasteiger partial charge in [-0.15, -0.1) is 0 Å². The van der Waals surface area contributed by atoms with E-state index in [9.17, 15) is 36.4 Å². The second-order valence-corrected chi connectivity index (χ2v) is 16.9. The molecule has 7 aliphatic carbocycles. The summed E-state index contributed by atoms with van der Waals surface area (Å²) in [6.07, 6.45) is 8.43. The molecule has 8 rings (SSSR count). The first-order valence-corrected chi connectivity index (χ1v) is 18.3. The predicted octanol–water partition coefficient (Wildman–Crippen LogP) is 4.51. The molecule has 0 spiro atoms. The molecule has 1 N–H and O–H groups in total. The number of rotatable bonds is 7. The van der Waals surface area contributed by atoms with Crippen molar-refractivity contribution in [2.75, 3.05) is 0 Å². The van der Waals surface area contributed by atoms with E-state index in [0.29, 0.717) is 56.8 Å². The quantitative estimate of drug-likeness (QED) is 0.238. The highest BCUT2D eigenvalue weighted by atomic mass is 32.2. The number of esters is 2. The molecule has 0 aromatic rings. The van der Waals surface area contributed by atoms with Gasteiger partial charge in [0.1, 0.15) is 6.10 Å². The molecular weight excluding hydrogens is 612 g/mol. The highest BCUT2D eigenvalue weighted by Gasteiger charge is 2.73. The van der Waals surface area contributed by atoms with Gasteiger partial charge in [-0.3, -0.25) is 28.6 Å². The van der Waals surface area contributed by atoms with Crippen molar-refractivity contribution in [1.82, 2.24) is 4.90 Å². The number of halogens is 2. The van der Waals surface area contributed by atoms with Crippen molar-refractivity contribution < 1.29 is 50.4 Å². The fraction of sp³-hybridized carbons (Fsp3) is 0.875. The molecule has 7 saturated carbocycles. The van der Waals surface area contributed by atoms with Crippen LogP contribution in [0.15, 0.2) is 0 Å². The van der Waals surface area contributed by atoms with Crippen molar-refractivity contribution in [3.8, 4) is 0 Å². The largest absolute Gasteiger partial charge is 0.460 e. The molecule has 0 radical (unpaired) electrons. The van der Waals surface area contributed by atoms with Gasteiger partial charge in [0.25, 0.3) is 0 Å². The minimum absolute atomic E-state index is 0.253. The summed E-state index contributed by atoms with van der Waals surface area (Å²) in [7, 11) is -5.89. The van der Waals surface area contributed by atoms with Crippen molar-refractivity contribution >= 4 is 33.9 Å². The Kier molecular flexibility index (Phi) is 7.65. The van der Waals surface area contributed by atoms with Gasteiger partial charge in [0.2, 0.25) is 11.8 Å². The van der Waals surface area contributed by atoms with Crippen molar-refractivity contribution in [1.29, 1.82) is 0 Å². The number of carbonyl (C=O) groups is 4. The fourth-order valence-corrected chi connectivity index (χ4v) is 11.6. The number of amides is 2. The van der Waals surface area contributed by atoms with E-state index in [1.807, 2.05) is 0 Å². The average Bonchev–Trinajstić information content (AvgIpc) is 3.54. The summed E-state index contributed by atoms with van der Waals surface area (Å²) in [6.45, 7) is 0.660. The van der Waals surface area contributed by atoms with E-state index in [-0.39, 0.29) is 18.2 Å². The average molecular weight is 656 g/mol. The Morgan fingerprint density at radius 3 is 2.02 bits per heavy atom. The number of carbonyl (C=O) groups excluding carboxylic acids is 4. The molecule has 1 saturated heterocycles. The summed E-state index contributed by atoms with van der Waals surface area (Å²) in [6, 6.07) is -0.730. The molecule has 1 aliphatic heterocycles. The van der Waals surface area contributed by atoms with E-state index in [0.717, 1.165) is 51.4 Å². The molecule has 10 nitrogen and oxygen atoms in total. The topological polar surface area (TPSA) is 144 Å². The molecule has 7 unspecified atom stereocenters. The second kappa shape index (κ2) is 11.0. The number of hydrogen-bond acceptors (Lipinski definition) is 8. The van der Waals surface area contributed by atoms with Gasteiger partial charge in [0, 0.05) is 5.92 Å². The Hall–Kier alpha value is -2.15. The lowest BCUT2D eigenvalue weighted by Gasteiger charge is -2.56. The second-order valence-electron chi connectivity index (χ2n) is 15.4. The summed E-state index contributed by atoms with van der Waals surface area (Å²) in [5.74, 6) is -5.06. The predicted molar refractivity (Wildman–Crippen MR) is 153 cm³/mol. The molecule has 250 valence electrons. The molecule has 8 fully saturated rings. The maximum Gasteiger partial charge on any atom is 0.405 e. The summed E-state index contributed by atoms with van der Waals surface area (Å²) < 4.78 is 71.5. The van der Waals surface area contributed by atoms with Crippen molar-refractivity contribution in [2.45, 2.75) is 120 Å². The zero-order valence-electron chi connectivity index (χ0n) is 25.6. The summed E-state index contributed by atoms with van der Waals surface area (Å²) in [5, 5.41) is -4.77. The van der Waals surface area contributed by atoms with E-state index in [4.69, 9.17) is 14.0 Å². The van der Waals surface area contributed by atoms with E-state index >= 15 is 0 Å². The zero-order valence-corrected chi connectivity index (χ0v) is 26.4. The van der Waals surface area contributed by atoms with Gasteiger partial charge in [-0.1, -0.05) is 32.1 Å². The third kappa shape index (κ3) is 4.95. The Morgan fingerprint density at radius 2 is 1.47 bits per heavy atom. The van der Waals surface area contributed by atoms with Crippen molar-refractivity contribution in [3.05, 3.63) is 0 Å². The van der Waals surface area contributed by atoms with Gasteiger partial charge in [0.15, 0.2) is 6.10 Å². The lowest BCUT2D eigenvalue weighted by molar-refractivity contribution is -0.176. The van der Waals surface area contributed by atoms with E-state index < -0.39 is 80.6 Å². The lowest BCUT2D eigenvalue weighted by Crippen LogP contribution is -2.58. The maximum absolute atomic E-state index is 14.6. The summed E-state index contributed by atoms with van der Waals surface area (Å²) in [4.78, 5) is 57.2. The first-order chi connectivity index (χ1) is 21.2. The normalized spacial score (nSPS) is 41.6. The van der Waals surface area contributed by atoms with Crippen LogP contribution in [0, 0.1) is 52.8 Å². The number of likely N-dealkylation sites (tertiary alicyclic amines) is 1. The Bertz CT molecular complexity index is 1340.